The molecule has 1 aliphatic heterocycles. The van der Waals surface area contributed by atoms with Crippen LogP contribution in [0.25, 0.3) is 0 Å². The van der Waals surface area contributed by atoms with Gasteiger partial charge in [-0.2, -0.15) is 0 Å². The third kappa shape index (κ3) is 4.46. The fourth-order valence-electron chi connectivity index (χ4n) is 2.98. The van der Waals surface area contributed by atoms with Crippen LogP contribution in [0.5, 0.6) is 5.75 Å². The lowest BCUT2D eigenvalue weighted by molar-refractivity contribution is -0.117. The summed E-state index contributed by atoms with van der Waals surface area (Å²) in [7, 11) is 1.65. The first-order valence-corrected chi connectivity index (χ1v) is 7.75. The van der Waals surface area contributed by atoms with E-state index in [1.165, 1.54) is 12.8 Å². The number of amides is 1. The highest BCUT2D eigenvalue weighted by Crippen LogP contribution is 2.26. The van der Waals surface area contributed by atoms with Gasteiger partial charge in [-0.25, -0.2) is 0 Å². The second-order valence-electron chi connectivity index (χ2n) is 6.00. The average molecular weight is 290 g/mol. The minimum absolute atomic E-state index is 0.106. The van der Waals surface area contributed by atoms with Gasteiger partial charge in [-0.1, -0.05) is 6.92 Å². The zero-order valence-electron chi connectivity index (χ0n) is 13.2. The average Bonchev–Trinajstić information content (AvgIpc) is 2.50. The Morgan fingerprint density at radius 1 is 1.43 bits per heavy atom. The Hall–Kier alpha value is -1.55. The third-order valence-corrected chi connectivity index (χ3v) is 4.40. The topological polar surface area (TPSA) is 50.4 Å². The Morgan fingerprint density at radius 2 is 2.14 bits per heavy atom. The van der Waals surface area contributed by atoms with E-state index in [9.17, 15) is 4.79 Å². The number of piperidine rings is 1. The summed E-state index contributed by atoms with van der Waals surface area (Å²) < 4.78 is 5.18. The maximum absolute atomic E-state index is 12.2. The summed E-state index contributed by atoms with van der Waals surface area (Å²) in [5.74, 6) is 2.02. The number of aryl methyl sites for hydroxylation is 1. The Kier molecular flexibility index (Phi) is 5.62. The van der Waals surface area contributed by atoms with E-state index in [1.807, 2.05) is 25.1 Å². The van der Waals surface area contributed by atoms with Gasteiger partial charge in [0.2, 0.25) is 5.91 Å². The molecule has 1 amide bonds. The van der Waals surface area contributed by atoms with E-state index >= 15 is 0 Å². The molecule has 0 radical (unpaired) electrons. The highest BCUT2D eigenvalue weighted by Gasteiger charge is 2.22. The number of rotatable bonds is 5. The molecule has 1 fully saturated rings. The number of nitrogens with one attached hydrogen (secondary N) is 2. The summed E-state index contributed by atoms with van der Waals surface area (Å²) in [5, 5.41) is 6.39. The molecule has 0 saturated carbocycles. The Morgan fingerprint density at radius 3 is 2.76 bits per heavy atom. The molecule has 1 heterocycles. The second-order valence-corrected chi connectivity index (χ2v) is 6.00. The van der Waals surface area contributed by atoms with Crippen LogP contribution < -0.4 is 15.4 Å². The maximum Gasteiger partial charge on any atom is 0.224 e. The maximum atomic E-state index is 12.2. The van der Waals surface area contributed by atoms with Crippen LogP contribution in [0, 0.1) is 18.8 Å². The van der Waals surface area contributed by atoms with Crippen molar-refractivity contribution in [3.05, 3.63) is 23.8 Å². The van der Waals surface area contributed by atoms with Gasteiger partial charge >= 0.3 is 0 Å². The molecule has 2 rings (SSSR count). The molecule has 1 saturated heterocycles. The SMILES string of the molecule is COc1ccc(NC(=O)CC(C)C2CCNCC2)c(C)c1. The summed E-state index contributed by atoms with van der Waals surface area (Å²) in [6.45, 7) is 6.33. The molecular formula is C17H26N2O2. The van der Waals surface area contributed by atoms with E-state index in [2.05, 4.69) is 17.6 Å². The van der Waals surface area contributed by atoms with E-state index in [0.717, 1.165) is 30.1 Å². The number of benzene rings is 1. The van der Waals surface area contributed by atoms with Crippen LogP contribution in [0.2, 0.25) is 0 Å². The third-order valence-electron chi connectivity index (χ3n) is 4.40. The predicted molar refractivity (Wildman–Crippen MR) is 85.7 cm³/mol. The molecular weight excluding hydrogens is 264 g/mol. The molecule has 1 aromatic rings. The lowest BCUT2D eigenvalue weighted by Gasteiger charge is -2.28. The predicted octanol–water partition coefficient (Wildman–Crippen LogP) is 2.97. The zero-order chi connectivity index (χ0) is 15.2. The highest BCUT2D eigenvalue weighted by molar-refractivity contribution is 5.91. The van der Waals surface area contributed by atoms with E-state index in [-0.39, 0.29) is 5.91 Å². The Balaban J connectivity index is 1.89. The van der Waals surface area contributed by atoms with Gasteiger partial charge in [0, 0.05) is 12.1 Å². The van der Waals surface area contributed by atoms with Crippen molar-refractivity contribution in [1.82, 2.24) is 5.32 Å². The number of methoxy groups -OCH3 is 1. The van der Waals surface area contributed by atoms with E-state index in [1.54, 1.807) is 7.11 Å². The standard InChI is InChI=1S/C17H26N2O2/c1-12(14-6-8-18-9-7-14)11-17(20)19-16-5-4-15(21-3)10-13(16)2/h4-5,10,12,14,18H,6-9,11H2,1-3H3,(H,19,20). The highest BCUT2D eigenvalue weighted by atomic mass is 16.5. The smallest absolute Gasteiger partial charge is 0.224 e. The van der Waals surface area contributed by atoms with Crippen LogP contribution in [0.3, 0.4) is 0 Å². The van der Waals surface area contributed by atoms with Gasteiger partial charge in [0.1, 0.15) is 5.75 Å². The molecule has 0 bridgehead atoms. The first-order valence-electron chi connectivity index (χ1n) is 7.75. The Labute approximate surface area is 127 Å². The molecule has 0 aromatic heterocycles. The lowest BCUT2D eigenvalue weighted by Crippen LogP contribution is -2.32. The van der Waals surface area contributed by atoms with Crippen molar-refractivity contribution in [2.45, 2.75) is 33.1 Å². The molecule has 4 heteroatoms. The summed E-state index contributed by atoms with van der Waals surface area (Å²) in [6, 6.07) is 5.71. The molecule has 4 nitrogen and oxygen atoms in total. The van der Waals surface area contributed by atoms with Gasteiger partial charge in [-0.3, -0.25) is 4.79 Å². The van der Waals surface area contributed by atoms with Crippen molar-refractivity contribution < 1.29 is 9.53 Å². The van der Waals surface area contributed by atoms with Gasteiger partial charge in [0.05, 0.1) is 7.11 Å². The van der Waals surface area contributed by atoms with Gasteiger partial charge in [0.25, 0.3) is 0 Å². The Bertz CT molecular complexity index is 482. The number of anilines is 1. The largest absolute Gasteiger partial charge is 0.497 e. The van der Waals surface area contributed by atoms with Crippen molar-refractivity contribution in [3.8, 4) is 5.75 Å². The molecule has 0 spiro atoms. The van der Waals surface area contributed by atoms with Crippen molar-refractivity contribution in [3.63, 3.8) is 0 Å². The molecule has 116 valence electrons. The van der Waals surface area contributed by atoms with E-state index in [4.69, 9.17) is 4.74 Å². The molecule has 1 atom stereocenters. The van der Waals surface area contributed by atoms with Gasteiger partial charge in [-0.05, 0) is 68.5 Å². The summed E-state index contributed by atoms with van der Waals surface area (Å²) >= 11 is 0. The van der Waals surface area contributed by atoms with E-state index < -0.39 is 0 Å². The van der Waals surface area contributed by atoms with Gasteiger partial charge in [0.15, 0.2) is 0 Å². The summed E-state index contributed by atoms with van der Waals surface area (Å²) in [5.41, 5.74) is 1.90. The lowest BCUT2D eigenvalue weighted by atomic mass is 9.84. The number of ether oxygens (including phenoxy) is 1. The van der Waals surface area contributed by atoms with Crippen LogP contribution in [0.15, 0.2) is 18.2 Å². The van der Waals surface area contributed by atoms with Crippen LogP contribution in [-0.4, -0.2) is 26.1 Å². The molecule has 1 aromatic carbocycles. The first kappa shape index (κ1) is 15.8. The van der Waals surface area contributed by atoms with Crippen LogP contribution in [0.1, 0.15) is 31.7 Å². The first-order chi connectivity index (χ1) is 10.1. The zero-order valence-corrected chi connectivity index (χ0v) is 13.2. The van der Waals surface area contributed by atoms with Crippen molar-refractivity contribution in [2.75, 3.05) is 25.5 Å². The molecule has 1 unspecified atom stereocenters. The van der Waals surface area contributed by atoms with Crippen LogP contribution >= 0.6 is 0 Å². The van der Waals surface area contributed by atoms with Crippen molar-refractivity contribution in [2.24, 2.45) is 11.8 Å². The molecule has 2 N–H and O–H groups in total. The van der Waals surface area contributed by atoms with Gasteiger partial charge in [-0.15, -0.1) is 0 Å². The van der Waals surface area contributed by atoms with E-state index in [0.29, 0.717) is 18.3 Å². The minimum atomic E-state index is 0.106. The van der Waals surface area contributed by atoms with Gasteiger partial charge < -0.3 is 15.4 Å². The van der Waals surface area contributed by atoms with Crippen molar-refractivity contribution in [1.29, 1.82) is 0 Å². The number of carbonyl (C=O) groups is 1. The normalized spacial score (nSPS) is 17.3. The van der Waals surface area contributed by atoms with Crippen LogP contribution in [-0.2, 0) is 4.79 Å². The minimum Gasteiger partial charge on any atom is -0.497 e. The molecule has 1 aliphatic rings. The van der Waals surface area contributed by atoms with Crippen molar-refractivity contribution >= 4 is 11.6 Å². The summed E-state index contributed by atoms with van der Waals surface area (Å²) in [6.07, 6.45) is 2.95. The number of carbonyl (C=O) groups excluding carboxylic acids is 1. The number of hydrogen-bond acceptors (Lipinski definition) is 3. The molecule has 0 aliphatic carbocycles. The quantitative estimate of drug-likeness (QED) is 0.876. The second kappa shape index (κ2) is 7.46. The monoisotopic (exact) mass is 290 g/mol. The fraction of sp³-hybridized carbons (Fsp3) is 0.588. The molecule has 21 heavy (non-hydrogen) atoms. The number of hydrogen-bond donors (Lipinski definition) is 2. The fourth-order valence-corrected chi connectivity index (χ4v) is 2.98. The summed E-state index contributed by atoms with van der Waals surface area (Å²) in [4.78, 5) is 12.2. The van der Waals surface area contributed by atoms with Crippen LogP contribution in [0.4, 0.5) is 5.69 Å².